The average Bonchev–Trinajstić information content (AvgIpc) is 3.09. The molecule has 0 unspecified atom stereocenters. The SMILES string of the molecule is CC.CC.CCN(CCC1(CC)OCCO1)c1ccccc1. The Bertz CT molecular complexity index is 348. The van der Waals surface area contributed by atoms with Crippen LogP contribution < -0.4 is 4.90 Å². The third-order valence-electron chi connectivity index (χ3n) is 3.62. The van der Waals surface area contributed by atoms with Crippen molar-refractivity contribution in [3.63, 3.8) is 0 Å². The van der Waals surface area contributed by atoms with Crippen molar-refractivity contribution in [2.45, 2.75) is 60.2 Å². The standard InChI is InChI=1S/C15H23NO2.2C2H6/c1-3-15(17-12-13-18-15)10-11-16(4-2)14-8-6-5-7-9-14;2*1-2/h5-9H,3-4,10-13H2,1-2H3;2*1-2H3. The summed E-state index contributed by atoms with van der Waals surface area (Å²) in [6, 6.07) is 10.5. The van der Waals surface area contributed by atoms with Gasteiger partial charge >= 0.3 is 0 Å². The molecular formula is C19H35NO2. The lowest BCUT2D eigenvalue weighted by Gasteiger charge is -2.30. The molecule has 3 nitrogen and oxygen atoms in total. The van der Waals surface area contributed by atoms with Crippen molar-refractivity contribution in [3.8, 4) is 0 Å². The van der Waals surface area contributed by atoms with Crippen molar-refractivity contribution < 1.29 is 9.47 Å². The highest BCUT2D eigenvalue weighted by molar-refractivity contribution is 5.45. The summed E-state index contributed by atoms with van der Waals surface area (Å²) in [6.45, 7) is 15.7. The maximum Gasteiger partial charge on any atom is 0.169 e. The van der Waals surface area contributed by atoms with E-state index in [4.69, 9.17) is 9.47 Å². The van der Waals surface area contributed by atoms with Crippen LogP contribution in [0.5, 0.6) is 0 Å². The lowest BCUT2D eigenvalue weighted by Crippen LogP contribution is -2.35. The highest BCUT2D eigenvalue weighted by atomic mass is 16.7. The number of ether oxygens (including phenoxy) is 2. The van der Waals surface area contributed by atoms with Crippen LogP contribution in [0.25, 0.3) is 0 Å². The van der Waals surface area contributed by atoms with E-state index in [0.717, 1.165) is 39.1 Å². The minimum Gasteiger partial charge on any atom is -0.372 e. The number of nitrogens with zero attached hydrogens (tertiary/aromatic N) is 1. The summed E-state index contributed by atoms with van der Waals surface area (Å²) in [5.74, 6) is -0.345. The summed E-state index contributed by atoms with van der Waals surface area (Å²) in [6.07, 6.45) is 1.84. The lowest BCUT2D eigenvalue weighted by molar-refractivity contribution is -0.161. The van der Waals surface area contributed by atoms with Crippen LogP contribution in [0.4, 0.5) is 5.69 Å². The number of hydrogen-bond acceptors (Lipinski definition) is 3. The van der Waals surface area contributed by atoms with E-state index in [9.17, 15) is 0 Å². The Morgan fingerprint density at radius 2 is 1.50 bits per heavy atom. The molecule has 2 rings (SSSR count). The van der Waals surface area contributed by atoms with Crippen LogP contribution in [0.15, 0.2) is 30.3 Å². The fourth-order valence-electron chi connectivity index (χ4n) is 2.44. The van der Waals surface area contributed by atoms with Crippen LogP contribution >= 0.6 is 0 Å². The van der Waals surface area contributed by atoms with E-state index in [1.807, 2.05) is 33.8 Å². The molecule has 0 bridgehead atoms. The second-order valence-electron chi connectivity index (χ2n) is 4.63. The molecule has 1 saturated heterocycles. The zero-order valence-corrected chi connectivity index (χ0v) is 15.4. The van der Waals surface area contributed by atoms with Gasteiger partial charge < -0.3 is 14.4 Å². The van der Waals surface area contributed by atoms with E-state index in [1.165, 1.54) is 5.69 Å². The smallest absolute Gasteiger partial charge is 0.169 e. The van der Waals surface area contributed by atoms with Gasteiger partial charge in [-0.05, 0) is 25.5 Å². The predicted octanol–water partition coefficient (Wildman–Crippen LogP) is 5.11. The molecule has 0 radical (unpaired) electrons. The molecule has 0 N–H and O–H groups in total. The van der Waals surface area contributed by atoms with Gasteiger partial charge in [0.2, 0.25) is 0 Å². The van der Waals surface area contributed by atoms with Gasteiger partial charge in [-0.25, -0.2) is 0 Å². The number of anilines is 1. The summed E-state index contributed by atoms with van der Waals surface area (Å²) >= 11 is 0. The van der Waals surface area contributed by atoms with Crippen molar-refractivity contribution in [2.75, 3.05) is 31.2 Å². The van der Waals surface area contributed by atoms with Gasteiger partial charge in [-0.1, -0.05) is 52.8 Å². The van der Waals surface area contributed by atoms with Crippen LogP contribution in [0.1, 0.15) is 54.4 Å². The van der Waals surface area contributed by atoms with Crippen molar-refractivity contribution in [2.24, 2.45) is 0 Å². The van der Waals surface area contributed by atoms with Gasteiger partial charge in [0, 0.05) is 25.2 Å². The highest BCUT2D eigenvalue weighted by Gasteiger charge is 2.34. The predicted molar refractivity (Wildman–Crippen MR) is 96.6 cm³/mol. The Labute approximate surface area is 137 Å². The van der Waals surface area contributed by atoms with Crippen LogP contribution in [0, 0.1) is 0 Å². The van der Waals surface area contributed by atoms with Gasteiger partial charge in [0.1, 0.15) is 0 Å². The second-order valence-corrected chi connectivity index (χ2v) is 4.63. The molecular weight excluding hydrogens is 274 g/mol. The van der Waals surface area contributed by atoms with Crippen LogP contribution in [-0.2, 0) is 9.47 Å². The fourth-order valence-corrected chi connectivity index (χ4v) is 2.44. The van der Waals surface area contributed by atoms with E-state index < -0.39 is 0 Å². The molecule has 128 valence electrons. The first kappa shape index (κ1) is 20.9. The summed E-state index contributed by atoms with van der Waals surface area (Å²) in [5, 5.41) is 0. The van der Waals surface area contributed by atoms with Crippen molar-refractivity contribution in [1.82, 2.24) is 0 Å². The first-order chi connectivity index (χ1) is 10.8. The Kier molecular flexibility index (Phi) is 11.9. The van der Waals surface area contributed by atoms with Gasteiger partial charge in [0.05, 0.1) is 13.2 Å². The summed E-state index contributed by atoms with van der Waals surface area (Å²) in [5.41, 5.74) is 1.27. The van der Waals surface area contributed by atoms with E-state index in [2.05, 4.69) is 43.0 Å². The van der Waals surface area contributed by atoms with E-state index in [1.54, 1.807) is 0 Å². The first-order valence-corrected chi connectivity index (χ1v) is 8.87. The zero-order chi connectivity index (χ0) is 16.8. The van der Waals surface area contributed by atoms with Gasteiger partial charge in [0.25, 0.3) is 0 Å². The Morgan fingerprint density at radius 1 is 0.955 bits per heavy atom. The third-order valence-corrected chi connectivity index (χ3v) is 3.62. The average molecular weight is 309 g/mol. The van der Waals surface area contributed by atoms with E-state index in [-0.39, 0.29) is 5.79 Å². The largest absolute Gasteiger partial charge is 0.372 e. The first-order valence-electron chi connectivity index (χ1n) is 8.87. The zero-order valence-electron chi connectivity index (χ0n) is 15.4. The monoisotopic (exact) mass is 309 g/mol. The third kappa shape index (κ3) is 6.37. The van der Waals surface area contributed by atoms with Gasteiger partial charge in [0.15, 0.2) is 5.79 Å². The van der Waals surface area contributed by atoms with Gasteiger partial charge in [-0.3, -0.25) is 0 Å². The van der Waals surface area contributed by atoms with E-state index in [0.29, 0.717) is 0 Å². The van der Waals surface area contributed by atoms with Crippen LogP contribution in [0.3, 0.4) is 0 Å². The lowest BCUT2D eigenvalue weighted by atomic mass is 10.1. The van der Waals surface area contributed by atoms with Crippen molar-refractivity contribution in [1.29, 1.82) is 0 Å². The molecule has 1 aromatic carbocycles. The maximum atomic E-state index is 5.77. The summed E-state index contributed by atoms with van der Waals surface area (Å²) < 4.78 is 11.5. The molecule has 1 aliphatic heterocycles. The maximum absolute atomic E-state index is 5.77. The molecule has 1 heterocycles. The fraction of sp³-hybridized carbons (Fsp3) is 0.684. The minimum atomic E-state index is -0.345. The molecule has 22 heavy (non-hydrogen) atoms. The molecule has 0 aromatic heterocycles. The molecule has 0 aliphatic carbocycles. The summed E-state index contributed by atoms with van der Waals surface area (Å²) in [4.78, 5) is 2.36. The topological polar surface area (TPSA) is 21.7 Å². The van der Waals surface area contributed by atoms with Crippen molar-refractivity contribution >= 4 is 5.69 Å². The minimum absolute atomic E-state index is 0.345. The van der Waals surface area contributed by atoms with Crippen molar-refractivity contribution in [3.05, 3.63) is 30.3 Å². The molecule has 0 atom stereocenters. The summed E-state index contributed by atoms with van der Waals surface area (Å²) in [7, 11) is 0. The highest BCUT2D eigenvalue weighted by Crippen LogP contribution is 2.28. The number of para-hydroxylation sites is 1. The van der Waals surface area contributed by atoms with Crippen LogP contribution in [-0.4, -0.2) is 32.1 Å². The Balaban J connectivity index is 0.00000102. The molecule has 0 spiro atoms. The van der Waals surface area contributed by atoms with E-state index >= 15 is 0 Å². The number of hydrogen-bond donors (Lipinski definition) is 0. The quantitative estimate of drug-likeness (QED) is 0.729. The van der Waals surface area contributed by atoms with Gasteiger partial charge in [-0.15, -0.1) is 0 Å². The molecule has 0 amide bonds. The molecule has 1 aliphatic rings. The molecule has 1 aromatic rings. The Morgan fingerprint density at radius 3 is 1.95 bits per heavy atom. The number of benzene rings is 1. The normalized spacial score (nSPS) is 15.2. The molecule has 0 saturated carbocycles. The van der Waals surface area contributed by atoms with Crippen LogP contribution in [0.2, 0.25) is 0 Å². The Hall–Kier alpha value is -1.06. The molecule has 1 fully saturated rings. The van der Waals surface area contributed by atoms with Gasteiger partial charge in [-0.2, -0.15) is 0 Å². The second kappa shape index (κ2) is 12.5. The number of rotatable bonds is 6. The molecule has 3 heteroatoms.